The minimum atomic E-state index is -0.699. The van der Waals surface area contributed by atoms with Crippen LogP contribution in [0.2, 0.25) is 5.02 Å². The third kappa shape index (κ3) is 6.15. The molecule has 0 unspecified atom stereocenters. The molecule has 0 bridgehead atoms. The van der Waals surface area contributed by atoms with Gasteiger partial charge >= 0.3 is 5.97 Å². The largest absolute Gasteiger partial charge is 0.490 e. The Morgan fingerprint density at radius 1 is 1.11 bits per heavy atom. The van der Waals surface area contributed by atoms with Gasteiger partial charge in [-0.2, -0.15) is 0 Å². The molecule has 44 heavy (non-hydrogen) atoms. The minimum absolute atomic E-state index is 0.0149. The van der Waals surface area contributed by atoms with Crippen molar-refractivity contribution in [1.29, 1.82) is 0 Å². The fourth-order valence-corrected chi connectivity index (χ4v) is 6.20. The molecule has 0 saturated heterocycles. The molecule has 2 heterocycles. The number of non-ortho nitro benzene ring substituents is 1. The van der Waals surface area contributed by atoms with Gasteiger partial charge in [0.15, 0.2) is 16.3 Å². The highest BCUT2D eigenvalue weighted by molar-refractivity contribution is 7.07. The number of rotatable bonds is 10. The van der Waals surface area contributed by atoms with Crippen LogP contribution in [-0.2, 0) is 16.1 Å². The second kappa shape index (κ2) is 13.3. The minimum Gasteiger partial charge on any atom is -0.490 e. The zero-order chi connectivity index (χ0) is 31.4. The molecule has 0 fully saturated rings. The van der Waals surface area contributed by atoms with Crippen LogP contribution < -0.4 is 24.4 Å². The van der Waals surface area contributed by atoms with E-state index in [0.717, 1.165) is 5.56 Å². The number of hydrogen-bond acceptors (Lipinski definition) is 9. The number of fused-ring (bicyclic) bond motifs is 1. The molecule has 0 saturated carbocycles. The molecule has 0 amide bonds. The first-order valence-electron chi connectivity index (χ1n) is 13.8. The highest BCUT2D eigenvalue weighted by atomic mass is 35.5. The molecule has 12 heteroatoms. The summed E-state index contributed by atoms with van der Waals surface area (Å²) in [5, 5.41) is 11.2. The topological polar surface area (TPSA) is 122 Å². The zero-order valence-corrected chi connectivity index (χ0v) is 25.7. The van der Waals surface area contributed by atoms with Gasteiger partial charge in [0.1, 0.15) is 6.61 Å². The SMILES string of the molecule is CCOc1cc(/C=c2\sc3n(c2=O)[C@@H](c2ccccc2)C(C(=O)OC)=C(CC)N=3)cc(Cl)c1OCc1ccc([N+](=O)[O-])cc1. The second-order valence-electron chi connectivity index (χ2n) is 9.67. The summed E-state index contributed by atoms with van der Waals surface area (Å²) < 4.78 is 18.8. The molecule has 4 aromatic rings. The third-order valence-electron chi connectivity index (χ3n) is 6.93. The van der Waals surface area contributed by atoms with Crippen LogP contribution in [0.15, 0.2) is 87.8 Å². The average molecular weight is 634 g/mol. The quantitative estimate of drug-likeness (QED) is 0.131. The van der Waals surface area contributed by atoms with Gasteiger partial charge in [0, 0.05) is 12.1 Å². The number of hydrogen-bond donors (Lipinski definition) is 0. The number of halogens is 1. The van der Waals surface area contributed by atoms with E-state index in [1.165, 1.54) is 35.1 Å². The monoisotopic (exact) mass is 633 g/mol. The summed E-state index contributed by atoms with van der Waals surface area (Å²) in [6, 6.07) is 18.0. The molecule has 0 radical (unpaired) electrons. The lowest BCUT2D eigenvalue weighted by molar-refractivity contribution is -0.384. The van der Waals surface area contributed by atoms with Gasteiger partial charge < -0.3 is 14.2 Å². The van der Waals surface area contributed by atoms with Crippen molar-refractivity contribution >= 4 is 40.7 Å². The van der Waals surface area contributed by atoms with Crippen LogP contribution in [0.4, 0.5) is 5.69 Å². The average Bonchev–Trinajstić information content (AvgIpc) is 3.34. The number of nitro benzene ring substituents is 1. The Bertz CT molecular complexity index is 1930. The first-order valence-corrected chi connectivity index (χ1v) is 15.0. The van der Waals surface area contributed by atoms with E-state index < -0.39 is 16.9 Å². The summed E-state index contributed by atoms with van der Waals surface area (Å²) in [7, 11) is 1.31. The predicted molar refractivity (Wildman–Crippen MR) is 167 cm³/mol. The van der Waals surface area contributed by atoms with Crippen molar-refractivity contribution in [2.75, 3.05) is 13.7 Å². The maximum absolute atomic E-state index is 13.9. The van der Waals surface area contributed by atoms with E-state index in [1.54, 1.807) is 30.3 Å². The molecule has 1 aliphatic rings. The van der Waals surface area contributed by atoms with Crippen LogP contribution in [-0.4, -0.2) is 29.2 Å². The molecule has 0 aliphatic carbocycles. The smallest absolute Gasteiger partial charge is 0.338 e. The highest BCUT2D eigenvalue weighted by Crippen LogP contribution is 2.38. The number of thiazole rings is 1. The van der Waals surface area contributed by atoms with Crippen molar-refractivity contribution in [3.63, 3.8) is 0 Å². The van der Waals surface area contributed by atoms with Crippen LogP contribution in [0.5, 0.6) is 11.5 Å². The lowest BCUT2D eigenvalue weighted by atomic mass is 9.95. The maximum Gasteiger partial charge on any atom is 0.338 e. The van der Waals surface area contributed by atoms with Crippen LogP contribution >= 0.6 is 22.9 Å². The van der Waals surface area contributed by atoms with Crippen molar-refractivity contribution in [3.05, 3.63) is 130 Å². The van der Waals surface area contributed by atoms with E-state index in [1.807, 2.05) is 44.2 Å². The number of esters is 1. The first kappa shape index (κ1) is 30.7. The fraction of sp³-hybridized carbons (Fsp3) is 0.219. The molecule has 226 valence electrons. The Hall–Kier alpha value is -4.74. The summed E-state index contributed by atoms with van der Waals surface area (Å²) in [4.78, 5) is 42.5. The summed E-state index contributed by atoms with van der Waals surface area (Å²) in [5.74, 6) is 0.153. The van der Waals surface area contributed by atoms with Crippen molar-refractivity contribution in [1.82, 2.24) is 4.57 Å². The highest BCUT2D eigenvalue weighted by Gasteiger charge is 2.33. The van der Waals surface area contributed by atoms with Crippen LogP contribution in [0.1, 0.15) is 43.0 Å². The standard InChI is InChI=1S/C32H28ClN3O7S/c1-4-24-27(31(38)41-3)28(21-9-7-6-8-10-21)35-30(37)26(44-32(35)34-24)17-20-15-23(33)29(25(16-20)42-5-2)43-18-19-11-13-22(14-12-19)36(39)40/h6-17,28H,4-5,18H2,1-3H3/b26-17-/t28-/m0/s1. The maximum atomic E-state index is 13.9. The van der Waals surface area contributed by atoms with E-state index in [4.69, 9.17) is 30.8 Å². The Balaban J connectivity index is 1.56. The second-order valence-corrected chi connectivity index (χ2v) is 11.1. The summed E-state index contributed by atoms with van der Waals surface area (Å²) in [6.45, 7) is 4.17. The van der Waals surface area contributed by atoms with E-state index in [-0.39, 0.29) is 22.9 Å². The summed E-state index contributed by atoms with van der Waals surface area (Å²) in [6.07, 6.45) is 2.18. The number of carbonyl (C=O) groups is 1. The van der Waals surface area contributed by atoms with Gasteiger partial charge in [0.05, 0.1) is 45.5 Å². The van der Waals surface area contributed by atoms with Crippen molar-refractivity contribution in [3.8, 4) is 11.5 Å². The summed E-state index contributed by atoms with van der Waals surface area (Å²) in [5.41, 5.74) is 2.64. The number of carbonyl (C=O) groups excluding carboxylic acids is 1. The van der Waals surface area contributed by atoms with Crippen LogP contribution in [0, 0.1) is 10.1 Å². The molecule has 0 spiro atoms. The summed E-state index contributed by atoms with van der Waals surface area (Å²) >= 11 is 7.87. The Morgan fingerprint density at radius 3 is 2.48 bits per heavy atom. The van der Waals surface area contributed by atoms with Crippen molar-refractivity contribution in [2.24, 2.45) is 4.99 Å². The van der Waals surface area contributed by atoms with Gasteiger partial charge in [0.25, 0.3) is 11.2 Å². The molecule has 1 aliphatic heterocycles. The van der Waals surface area contributed by atoms with Crippen molar-refractivity contribution in [2.45, 2.75) is 32.9 Å². The molecule has 5 rings (SSSR count). The molecular formula is C32H28ClN3O7S. The molecule has 1 atom stereocenters. The Kier molecular flexibility index (Phi) is 9.26. The van der Waals surface area contributed by atoms with Crippen LogP contribution in [0.3, 0.4) is 0 Å². The number of ether oxygens (including phenoxy) is 3. The van der Waals surface area contributed by atoms with E-state index in [2.05, 4.69) is 0 Å². The number of benzene rings is 3. The van der Waals surface area contributed by atoms with Gasteiger partial charge in [0.2, 0.25) is 0 Å². The van der Waals surface area contributed by atoms with Crippen LogP contribution in [0.25, 0.3) is 6.08 Å². The number of nitro groups is 1. The van der Waals surface area contributed by atoms with Gasteiger partial charge in [-0.15, -0.1) is 0 Å². The third-order valence-corrected chi connectivity index (χ3v) is 8.19. The van der Waals surface area contributed by atoms with Gasteiger partial charge in [-0.25, -0.2) is 9.79 Å². The van der Waals surface area contributed by atoms with Gasteiger partial charge in [-0.3, -0.25) is 19.5 Å². The number of allylic oxidation sites excluding steroid dienone is 1. The lowest BCUT2D eigenvalue weighted by Gasteiger charge is -2.25. The number of nitrogens with zero attached hydrogens (tertiary/aromatic N) is 3. The van der Waals surface area contributed by atoms with E-state index in [0.29, 0.717) is 56.3 Å². The first-order chi connectivity index (χ1) is 21.2. The van der Waals surface area contributed by atoms with Gasteiger partial charge in [-0.05, 0) is 60.4 Å². The zero-order valence-electron chi connectivity index (χ0n) is 24.1. The predicted octanol–water partition coefficient (Wildman–Crippen LogP) is 5.34. The Labute approximate surface area is 261 Å². The molecule has 1 aromatic heterocycles. The molecular weight excluding hydrogens is 606 g/mol. The van der Waals surface area contributed by atoms with Crippen molar-refractivity contribution < 1.29 is 23.9 Å². The molecule has 10 nitrogen and oxygen atoms in total. The van der Waals surface area contributed by atoms with Gasteiger partial charge in [-0.1, -0.05) is 60.2 Å². The van der Waals surface area contributed by atoms with E-state index >= 15 is 0 Å². The Morgan fingerprint density at radius 2 is 1.84 bits per heavy atom. The lowest BCUT2D eigenvalue weighted by Crippen LogP contribution is -2.40. The number of methoxy groups -OCH3 is 1. The fourth-order valence-electron chi connectivity index (χ4n) is 4.91. The molecule has 3 aromatic carbocycles. The van der Waals surface area contributed by atoms with E-state index in [9.17, 15) is 19.7 Å². The normalized spacial score (nSPS) is 14.5. The number of aromatic nitrogens is 1. The molecule has 0 N–H and O–H groups in total.